The maximum absolute atomic E-state index is 11.5. The quantitative estimate of drug-likeness (QED) is 0.479. The predicted octanol–water partition coefficient (Wildman–Crippen LogP) is -0.917. The molecule has 1 fully saturated rings. The van der Waals surface area contributed by atoms with Crippen molar-refractivity contribution in [2.45, 2.75) is 4.90 Å². The average molecular weight is 295 g/mol. The van der Waals surface area contributed by atoms with Gasteiger partial charge in [-0.1, -0.05) is 12.1 Å². The first-order valence-corrected chi connectivity index (χ1v) is 6.83. The minimum atomic E-state index is -3.81. The summed E-state index contributed by atoms with van der Waals surface area (Å²) in [5, 5.41) is 8.78. The van der Waals surface area contributed by atoms with Crippen molar-refractivity contribution < 1.29 is 22.8 Å². The van der Waals surface area contributed by atoms with Crippen molar-refractivity contribution in [1.29, 1.82) is 0 Å². The van der Waals surface area contributed by atoms with Crippen LogP contribution in [0.25, 0.3) is 6.08 Å². The van der Waals surface area contributed by atoms with E-state index in [-0.39, 0.29) is 10.5 Å². The minimum Gasteiger partial charge on any atom is -0.273 e. The fourth-order valence-corrected chi connectivity index (χ4v) is 2.04. The number of barbiturate groups is 1. The van der Waals surface area contributed by atoms with Gasteiger partial charge in [0, 0.05) is 0 Å². The zero-order chi connectivity index (χ0) is 14.9. The number of benzene rings is 1. The van der Waals surface area contributed by atoms with Crippen LogP contribution in [-0.4, -0.2) is 26.3 Å². The highest BCUT2D eigenvalue weighted by Gasteiger charge is 2.27. The summed E-state index contributed by atoms with van der Waals surface area (Å²) in [4.78, 5) is 33.7. The van der Waals surface area contributed by atoms with Gasteiger partial charge >= 0.3 is 6.03 Å². The molecule has 0 saturated carbocycles. The molecule has 4 amide bonds. The molecule has 8 nitrogen and oxygen atoms in total. The van der Waals surface area contributed by atoms with Crippen LogP contribution in [-0.2, 0) is 19.6 Å². The number of nitrogens with one attached hydrogen (secondary N) is 2. The van der Waals surface area contributed by atoms with E-state index in [1.165, 1.54) is 30.3 Å². The molecule has 0 atom stereocenters. The Morgan fingerprint density at radius 1 is 0.950 bits per heavy atom. The third-order valence-electron chi connectivity index (χ3n) is 2.46. The fourth-order valence-electron chi connectivity index (χ4n) is 1.53. The molecule has 20 heavy (non-hydrogen) atoms. The van der Waals surface area contributed by atoms with Crippen LogP contribution in [0.3, 0.4) is 0 Å². The number of sulfonamides is 1. The van der Waals surface area contributed by atoms with E-state index >= 15 is 0 Å². The van der Waals surface area contributed by atoms with Crippen molar-refractivity contribution in [3.05, 3.63) is 35.4 Å². The number of hydrogen-bond acceptors (Lipinski definition) is 5. The smallest absolute Gasteiger partial charge is 0.273 e. The Hall–Kier alpha value is -2.52. The molecule has 0 spiro atoms. The van der Waals surface area contributed by atoms with Crippen LogP contribution in [0.15, 0.2) is 34.7 Å². The van der Waals surface area contributed by atoms with E-state index < -0.39 is 27.9 Å². The first kappa shape index (κ1) is 13.9. The van der Waals surface area contributed by atoms with E-state index in [4.69, 9.17) is 5.14 Å². The lowest BCUT2D eigenvalue weighted by Gasteiger charge is -2.13. The zero-order valence-electron chi connectivity index (χ0n) is 9.91. The number of amides is 4. The third kappa shape index (κ3) is 2.90. The van der Waals surface area contributed by atoms with Gasteiger partial charge in [-0.15, -0.1) is 0 Å². The first-order valence-electron chi connectivity index (χ1n) is 5.28. The average Bonchev–Trinajstić information content (AvgIpc) is 2.33. The van der Waals surface area contributed by atoms with Gasteiger partial charge < -0.3 is 0 Å². The summed E-state index contributed by atoms with van der Waals surface area (Å²) in [6, 6.07) is 4.35. The van der Waals surface area contributed by atoms with Gasteiger partial charge in [-0.2, -0.15) is 0 Å². The van der Waals surface area contributed by atoms with Crippen LogP contribution in [0.5, 0.6) is 0 Å². The van der Waals surface area contributed by atoms with Gasteiger partial charge in [0.1, 0.15) is 5.57 Å². The first-order chi connectivity index (χ1) is 9.27. The molecule has 4 N–H and O–H groups in total. The van der Waals surface area contributed by atoms with Gasteiger partial charge in [0.25, 0.3) is 11.8 Å². The molecular weight excluding hydrogens is 286 g/mol. The van der Waals surface area contributed by atoms with Crippen molar-refractivity contribution in [2.24, 2.45) is 5.14 Å². The highest BCUT2D eigenvalue weighted by molar-refractivity contribution is 7.89. The van der Waals surface area contributed by atoms with E-state index in [9.17, 15) is 22.8 Å². The zero-order valence-corrected chi connectivity index (χ0v) is 10.7. The van der Waals surface area contributed by atoms with Crippen molar-refractivity contribution in [1.82, 2.24) is 10.6 Å². The lowest BCUT2D eigenvalue weighted by Crippen LogP contribution is -2.51. The van der Waals surface area contributed by atoms with Gasteiger partial charge in [-0.25, -0.2) is 18.4 Å². The Balaban J connectivity index is 2.33. The normalized spacial score (nSPS) is 15.7. The van der Waals surface area contributed by atoms with Crippen LogP contribution in [0.2, 0.25) is 0 Å². The van der Waals surface area contributed by atoms with Gasteiger partial charge in [0.15, 0.2) is 0 Å². The number of hydrogen-bond donors (Lipinski definition) is 3. The Morgan fingerprint density at radius 2 is 1.45 bits per heavy atom. The van der Waals surface area contributed by atoms with Crippen molar-refractivity contribution >= 4 is 33.9 Å². The minimum absolute atomic E-state index is 0.0904. The predicted molar refractivity (Wildman–Crippen MR) is 67.5 cm³/mol. The van der Waals surface area contributed by atoms with Crippen LogP contribution in [0.4, 0.5) is 4.79 Å². The van der Waals surface area contributed by atoms with Crippen LogP contribution in [0.1, 0.15) is 5.56 Å². The highest BCUT2D eigenvalue weighted by Crippen LogP contribution is 2.13. The van der Waals surface area contributed by atoms with Crippen molar-refractivity contribution in [3.8, 4) is 0 Å². The molecular formula is C11H9N3O5S. The van der Waals surface area contributed by atoms with Gasteiger partial charge in [-0.05, 0) is 23.8 Å². The Bertz CT molecular complexity index is 712. The molecule has 9 heteroatoms. The van der Waals surface area contributed by atoms with E-state index in [1.807, 2.05) is 10.6 Å². The van der Waals surface area contributed by atoms with Crippen molar-refractivity contribution in [3.63, 3.8) is 0 Å². The number of carbonyl (C=O) groups excluding carboxylic acids is 3. The number of imide groups is 2. The molecule has 2 rings (SSSR count). The summed E-state index contributed by atoms with van der Waals surface area (Å²) in [6.07, 6.45) is 1.23. The number of urea groups is 1. The summed E-state index contributed by atoms with van der Waals surface area (Å²) in [5.74, 6) is -1.65. The molecule has 0 unspecified atom stereocenters. The third-order valence-corrected chi connectivity index (χ3v) is 3.39. The number of carbonyl (C=O) groups is 3. The summed E-state index contributed by atoms with van der Waals surface area (Å²) < 4.78 is 22.1. The molecule has 1 aromatic rings. The molecule has 1 aromatic carbocycles. The maximum Gasteiger partial charge on any atom is 0.328 e. The van der Waals surface area contributed by atoms with E-state index in [2.05, 4.69) is 0 Å². The second kappa shape index (κ2) is 4.87. The monoisotopic (exact) mass is 295 g/mol. The molecule has 1 aliphatic rings. The standard InChI is InChI=1S/C11H9N3O5S/c12-20(18,19)7-3-1-6(2-4-7)5-8-9(15)13-11(17)14-10(8)16/h1-5H,(H2,12,18,19)(H2,13,14,15,16,17). The Kier molecular flexibility index (Phi) is 3.38. The summed E-state index contributed by atoms with van der Waals surface area (Å²) >= 11 is 0. The number of rotatable bonds is 2. The second-order valence-corrected chi connectivity index (χ2v) is 5.47. The highest BCUT2D eigenvalue weighted by atomic mass is 32.2. The molecule has 1 heterocycles. The molecule has 0 aliphatic carbocycles. The van der Waals surface area contributed by atoms with E-state index in [0.29, 0.717) is 5.56 Å². The van der Waals surface area contributed by atoms with E-state index in [0.717, 1.165) is 0 Å². The summed E-state index contributed by atoms with van der Waals surface area (Å²) in [5.41, 5.74) is 0.153. The largest absolute Gasteiger partial charge is 0.328 e. The summed E-state index contributed by atoms with van der Waals surface area (Å²) in [6.45, 7) is 0. The summed E-state index contributed by atoms with van der Waals surface area (Å²) in [7, 11) is -3.81. The van der Waals surface area contributed by atoms with Gasteiger partial charge in [-0.3, -0.25) is 20.2 Å². The molecule has 1 saturated heterocycles. The molecule has 0 aromatic heterocycles. The van der Waals surface area contributed by atoms with Crippen molar-refractivity contribution in [2.75, 3.05) is 0 Å². The molecule has 0 radical (unpaired) electrons. The van der Waals surface area contributed by atoms with Crippen LogP contribution < -0.4 is 15.8 Å². The number of primary sulfonamides is 1. The van der Waals surface area contributed by atoms with Gasteiger partial charge in [0.05, 0.1) is 4.90 Å². The Morgan fingerprint density at radius 3 is 1.90 bits per heavy atom. The van der Waals surface area contributed by atoms with Gasteiger partial charge in [0.2, 0.25) is 10.0 Å². The maximum atomic E-state index is 11.5. The molecule has 0 bridgehead atoms. The fraction of sp³-hybridized carbons (Fsp3) is 0. The lowest BCUT2D eigenvalue weighted by molar-refractivity contribution is -0.123. The Labute approximate surface area is 113 Å². The molecule has 1 aliphatic heterocycles. The van der Waals surface area contributed by atoms with Crippen LogP contribution in [0, 0.1) is 0 Å². The van der Waals surface area contributed by atoms with E-state index in [1.54, 1.807) is 0 Å². The van der Waals surface area contributed by atoms with Crippen LogP contribution >= 0.6 is 0 Å². The number of nitrogens with two attached hydrogens (primary N) is 1. The topological polar surface area (TPSA) is 135 Å². The second-order valence-electron chi connectivity index (χ2n) is 3.91. The lowest BCUT2D eigenvalue weighted by atomic mass is 10.1. The molecule has 104 valence electrons. The SMILES string of the molecule is NS(=O)(=O)c1ccc(C=C2C(=O)NC(=O)NC2=O)cc1.